The van der Waals surface area contributed by atoms with Gasteiger partial charge in [-0.15, -0.1) is 11.8 Å². The van der Waals surface area contributed by atoms with Gasteiger partial charge in [0, 0.05) is 10.6 Å². The van der Waals surface area contributed by atoms with E-state index in [1.165, 1.54) is 4.90 Å². The van der Waals surface area contributed by atoms with Gasteiger partial charge >= 0.3 is 0 Å². The lowest BCUT2D eigenvalue weighted by Gasteiger charge is -2.06. The molecular weight excluding hydrogens is 256 g/mol. The van der Waals surface area contributed by atoms with Crippen LogP contribution in [0.25, 0.3) is 0 Å². The Balaban J connectivity index is 1.66. The molecule has 0 spiro atoms. The number of benzene rings is 2. The number of hydrogen-bond donors (Lipinski definition) is 1. The molecule has 0 radical (unpaired) electrons. The van der Waals surface area contributed by atoms with Gasteiger partial charge in [-0.1, -0.05) is 30.3 Å². The van der Waals surface area contributed by atoms with Crippen molar-refractivity contribution in [2.75, 3.05) is 12.4 Å². The van der Waals surface area contributed by atoms with Gasteiger partial charge in [0.2, 0.25) is 0 Å². The number of rotatable bonds is 7. The Bertz CT molecular complexity index is 485. The van der Waals surface area contributed by atoms with E-state index in [9.17, 15) is 0 Å². The SMILES string of the molecule is OCc1cccc(SCCCOc2ccccc2)c1. The van der Waals surface area contributed by atoms with E-state index in [0.29, 0.717) is 0 Å². The van der Waals surface area contributed by atoms with E-state index in [2.05, 4.69) is 6.07 Å². The maximum absolute atomic E-state index is 9.07. The molecule has 0 saturated carbocycles. The third-order valence-electron chi connectivity index (χ3n) is 2.65. The number of hydrogen-bond acceptors (Lipinski definition) is 3. The average molecular weight is 274 g/mol. The molecule has 0 amide bonds. The smallest absolute Gasteiger partial charge is 0.119 e. The molecule has 0 unspecified atom stereocenters. The van der Waals surface area contributed by atoms with E-state index in [-0.39, 0.29) is 6.61 Å². The Hall–Kier alpha value is -1.45. The molecule has 0 heterocycles. The molecule has 2 aromatic rings. The molecular formula is C16H18O2S. The minimum atomic E-state index is 0.103. The summed E-state index contributed by atoms with van der Waals surface area (Å²) in [6.07, 6.45) is 1.00. The van der Waals surface area contributed by atoms with Crippen LogP contribution in [0.2, 0.25) is 0 Å². The zero-order chi connectivity index (χ0) is 13.3. The molecule has 2 aromatic carbocycles. The second-order valence-electron chi connectivity index (χ2n) is 4.17. The van der Waals surface area contributed by atoms with Crippen molar-refractivity contribution in [3.05, 3.63) is 60.2 Å². The van der Waals surface area contributed by atoms with Crippen LogP contribution in [0.4, 0.5) is 0 Å². The number of ether oxygens (including phenoxy) is 1. The van der Waals surface area contributed by atoms with Gasteiger partial charge in [-0.05, 0) is 36.2 Å². The molecule has 0 aliphatic heterocycles. The Morgan fingerprint density at radius 1 is 1.00 bits per heavy atom. The molecule has 1 N–H and O–H groups in total. The predicted molar refractivity (Wildman–Crippen MR) is 79.6 cm³/mol. The van der Waals surface area contributed by atoms with Crippen molar-refractivity contribution in [3.63, 3.8) is 0 Å². The molecule has 2 rings (SSSR count). The van der Waals surface area contributed by atoms with Crippen molar-refractivity contribution in [2.24, 2.45) is 0 Å². The normalized spacial score (nSPS) is 10.4. The minimum Gasteiger partial charge on any atom is -0.494 e. The van der Waals surface area contributed by atoms with Crippen LogP contribution in [0.5, 0.6) is 5.75 Å². The Labute approximate surface area is 118 Å². The van der Waals surface area contributed by atoms with Crippen LogP contribution >= 0.6 is 11.8 Å². The molecule has 3 heteroatoms. The van der Waals surface area contributed by atoms with Crippen LogP contribution in [-0.4, -0.2) is 17.5 Å². The molecule has 0 atom stereocenters. The third kappa shape index (κ3) is 4.97. The van der Waals surface area contributed by atoms with Crippen LogP contribution in [0.3, 0.4) is 0 Å². The van der Waals surface area contributed by atoms with Crippen LogP contribution in [-0.2, 0) is 6.61 Å². The molecule has 0 bridgehead atoms. The van der Waals surface area contributed by atoms with Gasteiger partial charge in [-0.2, -0.15) is 0 Å². The zero-order valence-electron chi connectivity index (χ0n) is 10.8. The van der Waals surface area contributed by atoms with E-state index >= 15 is 0 Å². The molecule has 0 aliphatic rings. The lowest BCUT2D eigenvalue weighted by Crippen LogP contribution is -1.98. The number of aliphatic hydroxyl groups is 1. The van der Waals surface area contributed by atoms with Gasteiger partial charge in [0.15, 0.2) is 0 Å². The fourth-order valence-electron chi connectivity index (χ4n) is 1.69. The van der Waals surface area contributed by atoms with Gasteiger partial charge in [0.05, 0.1) is 13.2 Å². The Kier molecular flexibility index (Phi) is 5.79. The molecule has 100 valence electrons. The van der Waals surface area contributed by atoms with E-state index in [4.69, 9.17) is 9.84 Å². The predicted octanol–water partition coefficient (Wildman–Crippen LogP) is 3.74. The summed E-state index contributed by atoms with van der Waals surface area (Å²) in [6.45, 7) is 0.836. The number of para-hydroxylation sites is 1. The number of aliphatic hydroxyl groups excluding tert-OH is 1. The maximum atomic E-state index is 9.07. The first-order chi connectivity index (χ1) is 9.38. The van der Waals surface area contributed by atoms with E-state index in [1.54, 1.807) is 11.8 Å². The number of thioether (sulfide) groups is 1. The lowest BCUT2D eigenvalue weighted by molar-refractivity contribution is 0.281. The fourth-order valence-corrected chi connectivity index (χ4v) is 2.60. The lowest BCUT2D eigenvalue weighted by atomic mass is 10.2. The van der Waals surface area contributed by atoms with Crippen molar-refractivity contribution < 1.29 is 9.84 Å². The summed E-state index contributed by atoms with van der Waals surface area (Å²) in [5.74, 6) is 1.94. The standard InChI is InChI=1S/C16H18O2S/c17-13-14-6-4-9-16(12-14)19-11-5-10-18-15-7-2-1-3-8-15/h1-4,6-9,12,17H,5,10-11,13H2. The van der Waals surface area contributed by atoms with Crippen molar-refractivity contribution in [3.8, 4) is 5.75 Å². The van der Waals surface area contributed by atoms with E-state index in [1.807, 2.05) is 48.5 Å². The van der Waals surface area contributed by atoms with Crippen molar-refractivity contribution >= 4 is 11.8 Å². The van der Waals surface area contributed by atoms with E-state index in [0.717, 1.165) is 30.1 Å². The van der Waals surface area contributed by atoms with Gasteiger partial charge in [-0.25, -0.2) is 0 Å². The van der Waals surface area contributed by atoms with Crippen molar-refractivity contribution in [1.29, 1.82) is 0 Å². The van der Waals surface area contributed by atoms with Gasteiger partial charge < -0.3 is 9.84 Å². The van der Waals surface area contributed by atoms with Crippen molar-refractivity contribution in [2.45, 2.75) is 17.9 Å². The second kappa shape index (κ2) is 7.87. The highest BCUT2D eigenvalue weighted by Gasteiger charge is 1.97. The first-order valence-corrected chi connectivity index (χ1v) is 7.37. The highest BCUT2D eigenvalue weighted by Crippen LogP contribution is 2.20. The summed E-state index contributed by atoms with van der Waals surface area (Å²) in [5, 5.41) is 9.07. The Morgan fingerprint density at radius 3 is 2.63 bits per heavy atom. The molecule has 0 fully saturated rings. The highest BCUT2D eigenvalue weighted by atomic mass is 32.2. The molecule has 0 saturated heterocycles. The van der Waals surface area contributed by atoms with Crippen LogP contribution < -0.4 is 4.74 Å². The van der Waals surface area contributed by atoms with Crippen LogP contribution in [0.1, 0.15) is 12.0 Å². The Morgan fingerprint density at radius 2 is 1.84 bits per heavy atom. The average Bonchev–Trinajstić information content (AvgIpc) is 2.48. The topological polar surface area (TPSA) is 29.5 Å². The first-order valence-electron chi connectivity index (χ1n) is 6.39. The maximum Gasteiger partial charge on any atom is 0.119 e. The quantitative estimate of drug-likeness (QED) is 0.616. The monoisotopic (exact) mass is 274 g/mol. The molecule has 2 nitrogen and oxygen atoms in total. The minimum absolute atomic E-state index is 0.103. The summed E-state index contributed by atoms with van der Waals surface area (Å²) in [5.41, 5.74) is 0.963. The largest absolute Gasteiger partial charge is 0.494 e. The van der Waals surface area contributed by atoms with E-state index < -0.39 is 0 Å². The first kappa shape index (κ1) is 14.0. The third-order valence-corrected chi connectivity index (χ3v) is 3.73. The summed E-state index contributed by atoms with van der Waals surface area (Å²) < 4.78 is 5.64. The van der Waals surface area contributed by atoms with Gasteiger partial charge in [0.1, 0.15) is 5.75 Å². The summed E-state index contributed by atoms with van der Waals surface area (Å²) >= 11 is 1.79. The zero-order valence-corrected chi connectivity index (χ0v) is 11.6. The molecule has 0 aromatic heterocycles. The molecule has 19 heavy (non-hydrogen) atoms. The summed E-state index contributed by atoms with van der Waals surface area (Å²) in [6, 6.07) is 17.9. The summed E-state index contributed by atoms with van der Waals surface area (Å²) in [7, 11) is 0. The van der Waals surface area contributed by atoms with Gasteiger partial charge in [0.25, 0.3) is 0 Å². The van der Waals surface area contributed by atoms with Crippen LogP contribution in [0.15, 0.2) is 59.5 Å². The second-order valence-corrected chi connectivity index (χ2v) is 5.34. The van der Waals surface area contributed by atoms with Crippen molar-refractivity contribution in [1.82, 2.24) is 0 Å². The fraction of sp³-hybridized carbons (Fsp3) is 0.250. The van der Waals surface area contributed by atoms with Gasteiger partial charge in [-0.3, -0.25) is 0 Å². The highest BCUT2D eigenvalue weighted by molar-refractivity contribution is 7.99. The summed E-state index contributed by atoms with van der Waals surface area (Å²) in [4.78, 5) is 1.20. The van der Waals surface area contributed by atoms with Crippen LogP contribution in [0, 0.1) is 0 Å². The molecule has 0 aliphatic carbocycles.